The Bertz CT molecular complexity index is 224. The highest BCUT2D eigenvalue weighted by Crippen LogP contribution is 2.11. The molecule has 0 spiro atoms. The van der Waals surface area contributed by atoms with Gasteiger partial charge < -0.3 is 15.6 Å². The van der Waals surface area contributed by atoms with Gasteiger partial charge in [-0.2, -0.15) is 0 Å². The van der Waals surface area contributed by atoms with Crippen molar-refractivity contribution in [2.75, 3.05) is 0 Å². The molecule has 0 aliphatic carbocycles. The third-order valence-corrected chi connectivity index (χ3v) is 1.62. The molecule has 0 aromatic rings. The second-order valence-corrected chi connectivity index (χ2v) is 2.95. The van der Waals surface area contributed by atoms with Gasteiger partial charge in [0.05, 0.1) is 5.92 Å². The molecule has 0 saturated heterocycles. The number of amides is 1. The predicted octanol–water partition coefficient (Wildman–Crippen LogP) is -0.0682. The number of nitrogens with two attached hydrogens (primary N) is 1. The van der Waals surface area contributed by atoms with E-state index >= 15 is 0 Å². The Morgan fingerprint density at radius 3 is 2.23 bits per heavy atom. The lowest BCUT2D eigenvalue weighted by Crippen LogP contribution is -2.20. The third-order valence-electron chi connectivity index (χ3n) is 1.62. The quantitative estimate of drug-likeness (QED) is 0.608. The van der Waals surface area contributed by atoms with Crippen molar-refractivity contribution in [3.8, 4) is 0 Å². The summed E-state index contributed by atoms with van der Waals surface area (Å²) >= 11 is 0. The maximum Gasteiger partial charge on any atom is 0.306 e. The lowest BCUT2D eigenvalue weighted by molar-refractivity contribution is -0.144. The van der Waals surface area contributed by atoms with Gasteiger partial charge in [-0.1, -0.05) is 0 Å². The number of primary amides is 1. The van der Waals surface area contributed by atoms with Gasteiger partial charge >= 0.3 is 5.97 Å². The summed E-state index contributed by atoms with van der Waals surface area (Å²) in [4.78, 5) is 31.5. The summed E-state index contributed by atoms with van der Waals surface area (Å²) in [6, 6.07) is 0. The Morgan fingerprint density at radius 2 is 1.92 bits per heavy atom. The molecular formula is C8H13NO4. The molecule has 0 rings (SSSR count). The zero-order valence-electron chi connectivity index (χ0n) is 7.45. The number of rotatable bonds is 6. The smallest absolute Gasteiger partial charge is 0.306 e. The maximum absolute atomic E-state index is 10.6. The fourth-order valence-electron chi connectivity index (χ4n) is 0.976. The van der Waals surface area contributed by atoms with E-state index in [-0.39, 0.29) is 25.0 Å². The first-order chi connectivity index (χ1) is 5.93. The van der Waals surface area contributed by atoms with Crippen LogP contribution in [0.25, 0.3) is 0 Å². The third kappa shape index (κ3) is 5.84. The molecule has 74 valence electrons. The molecule has 3 N–H and O–H groups in total. The lowest BCUT2D eigenvalue weighted by atomic mass is 9.97. The fourth-order valence-corrected chi connectivity index (χ4v) is 0.976. The average Bonchev–Trinajstić information content (AvgIpc) is 1.96. The second kappa shape index (κ2) is 5.29. The number of carbonyl (C=O) groups is 3. The van der Waals surface area contributed by atoms with Crippen LogP contribution in [-0.2, 0) is 14.4 Å². The molecule has 0 radical (unpaired) electrons. The molecule has 0 aromatic carbocycles. The predicted molar refractivity (Wildman–Crippen MR) is 44.9 cm³/mol. The number of carboxylic acids is 1. The summed E-state index contributed by atoms with van der Waals surface area (Å²) in [6.07, 6.45) is 0.0944. The first-order valence-corrected chi connectivity index (χ1v) is 3.94. The van der Waals surface area contributed by atoms with Gasteiger partial charge in [-0.3, -0.25) is 9.59 Å². The zero-order chi connectivity index (χ0) is 10.4. The van der Waals surface area contributed by atoms with E-state index < -0.39 is 17.8 Å². The van der Waals surface area contributed by atoms with Crippen LogP contribution >= 0.6 is 0 Å². The van der Waals surface area contributed by atoms with Crippen molar-refractivity contribution in [2.24, 2.45) is 11.7 Å². The number of hydrogen-bond acceptors (Lipinski definition) is 3. The number of carbonyl (C=O) groups excluding carboxylic acids is 2. The van der Waals surface area contributed by atoms with Gasteiger partial charge in [0, 0.05) is 12.8 Å². The van der Waals surface area contributed by atoms with Crippen molar-refractivity contribution in [1.29, 1.82) is 0 Å². The van der Waals surface area contributed by atoms with Crippen LogP contribution in [0.2, 0.25) is 0 Å². The van der Waals surface area contributed by atoms with Crippen LogP contribution in [0.1, 0.15) is 26.2 Å². The molecule has 1 amide bonds. The number of hydrogen-bond donors (Lipinski definition) is 2. The first kappa shape index (κ1) is 11.6. The Hall–Kier alpha value is -1.39. The normalized spacial score (nSPS) is 12.1. The molecule has 0 saturated carbocycles. The standard InChI is InChI=1S/C8H13NO4/c1-5(10)4-6(8(12)13)2-3-7(9)11/h6H,2-4H2,1H3,(H2,9,11)(H,12,13)/t6-/m1/s1. The molecule has 0 aliphatic heterocycles. The summed E-state index contributed by atoms with van der Waals surface area (Å²) in [5.41, 5.74) is 4.85. The fraction of sp³-hybridized carbons (Fsp3) is 0.625. The molecule has 0 heterocycles. The first-order valence-electron chi connectivity index (χ1n) is 3.94. The minimum Gasteiger partial charge on any atom is -0.481 e. The van der Waals surface area contributed by atoms with E-state index in [1.54, 1.807) is 0 Å². The van der Waals surface area contributed by atoms with E-state index in [4.69, 9.17) is 10.8 Å². The Morgan fingerprint density at radius 1 is 1.38 bits per heavy atom. The van der Waals surface area contributed by atoms with Crippen LogP contribution in [0.4, 0.5) is 0 Å². The van der Waals surface area contributed by atoms with Gasteiger partial charge in [-0.15, -0.1) is 0 Å². The highest BCUT2D eigenvalue weighted by molar-refractivity contribution is 5.82. The summed E-state index contributed by atoms with van der Waals surface area (Å²) in [5, 5.41) is 8.63. The highest BCUT2D eigenvalue weighted by Gasteiger charge is 2.19. The van der Waals surface area contributed by atoms with E-state index in [2.05, 4.69) is 0 Å². The summed E-state index contributed by atoms with van der Waals surface area (Å²) in [7, 11) is 0. The summed E-state index contributed by atoms with van der Waals surface area (Å²) < 4.78 is 0. The van der Waals surface area contributed by atoms with E-state index in [1.807, 2.05) is 0 Å². The average molecular weight is 187 g/mol. The minimum atomic E-state index is -1.06. The molecular weight excluding hydrogens is 174 g/mol. The van der Waals surface area contributed by atoms with Gasteiger partial charge in [-0.25, -0.2) is 0 Å². The monoisotopic (exact) mass is 187 g/mol. The second-order valence-electron chi connectivity index (χ2n) is 2.95. The van der Waals surface area contributed by atoms with Crippen molar-refractivity contribution < 1.29 is 19.5 Å². The van der Waals surface area contributed by atoms with Gasteiger partial charge in [0.1, 0.15) is 5.78 Å². The number of ketones is 1. The largest absolute Gasteiger partial charge is 0.481 e. The number of aliphatic carboxylic acids is 1. The van der Waals surface area contributed by atoms with Crippen molar-refractivity contribution >= 4 is 17.7 Å². The van der Waals surface area contributed by atoms with E-state index in [9.17, 15) is 14.4 Å². The van der Waals surface area contributed by atoms with E-state index in [1.165, 1.54) is 6.92 Å². The Labute approximate surface area is 75.9 Å². The van der Waals surface area contributed by atoms with Crippen LogP contribution in [0.15, 0.2) is 0 Å². The van der Waals surface area contributed by atoms with Crippen LogP contribution in [0.3, 0.4) is 0 Å². The van der Waals surface area contributed by atoms with Crippen LogP contribution < -0.4 is 5.73 Å². The van der Waals surface area contributed by atoms with Gasteiger partial charge in [0.2, 0.25) is 5.91 Å². The minimum absolute atomic E-state index is 0.00421. The number of carboxylic acid groups (broad SMARTS) is 1. The van der Waals surface area contributed by atoms with Crippen molar-refractivity contribution in [3.05, 3.63) is 0 Å². The van der Waals surface area contributed by atoms with E-state index in [0.29, 0.717) is 0 Å². The molecule has 0 aliphatic rings. The highest BCUT2D eigenvalue weighted by atomic mass is 16.4. The molecule has 0 fully saturated rings. The molecule has 0 unspecified atom stereocenters. The van der Waals surface area contributed by atoms with Gasteiger partial charge in [0.15, 0.2) is 0 Å². The van der Waals surface area contributed by atoms with Crippen LogP contribution in [0, 0.1) is 5.92 Å². The molecule has 0 bridgehead atoms. The number of Topliss-reactive ketones (excluding diaryl/α,β-unsaturated/α-hetero) is 1. The van der Waals surface area contributed by atoms with Crippen molar-refractivity contribution in [1.82, 2.24) is 0 Å². The van der Waals surface area contributed by atoms with E-state index in [0.717, 1.165) is 0 Å². The molecule has 0 aromatic heterocycles. The summed E-state index contributed by atoms with van der Waals surface area (Å²) in [6.45, 7) is 1.32. The van der Waals surface area contributed by atoms with Crippen molar-refractivity contribution in [3.63, 3.8) is 0 Å². The zero-order valence-corrected chi connectivity index (χ0v) is 7.45. The van der Waals surface area contributed by atoms with Crippen molar-refractivity contribution in [2.45, 2.75) is 26.2 Å². The summed E-state index contributed by atoms with van der Waals surface area (Å²) in [5.74, 6) is -2.59. The molecule has 5 nitrogen and oxygen atoms in total. The van der Waals surface area contributed by atoms with Gasteiger partial charge in [0.25, 0.3) is 0 Å². The van der Waals surface area contributed by atoms with Crippen LogP contribution in [-0.4, -0.2) is 22.8 Å². The Balaban J connectivity index is 4.02. The maximum atomic E-state index is 10.6. The molecule has 5 heteroatoms. The molecule has 13 heavy (non-hydrogen) atoms. The SMILES string of the molecule is CC(=O)C[C@@H](CCC(N)=O)C(=O)O. The topological polar surface area (TPSA) is 97.5 Å². The lowest BCUT2D eigenvalue weighted by Gasteiger charge is -2.07. The molecule has 1 atom stereocenters. The van der Waals surface area contributed by atoms with Crippen LogP contribution in [0.5, 0.6) is 0 Å². The van der Waals surface area contributed by atoms with Gasteiger partial charge in [-0.05, 0) is 13.3 Å². The Kier molecular flexibility index (Phi) is 4.72.